The van der Waals surface area contributed by atoms with E-state index >= 15 is 0 Å². The van der Waals surface area contributed by atoms with Crippen molar-refractivity contribution in [1.82, 2.24) is 10.2 Å². The highest BCUT2D eigenvalue weighted by atomic mass is 35.5. The normalized spacial score (nSPS) is 12.2. The Balaban J connectivity index is 2.42. The number of carbonyl (C=O) groups is 2. The molecule has 192 valence electrons. The van der Waals surface area contributed by atoms with Crippen LogP contribution in [0.4, 0.5) is 5.69 Å². The molecule has 0 aliphatic carbocycles. The van der Waals surface area contributed by atoms with E-state index in [4.69, 9.17) is 23.2 Å². The van der Waals surface area contributed by atoms with Gasteiger partial charge in [-0.1, -0.05) is 54.7 Å². The first-order chi connectivity index (χ1) is 16.3. The molecule has 10 heteroatoms. The first kappa shape index (κ1) is 28.9. The third kappa shape index (κ3) is 8.12. The summed E-state index contributed by atoms with van der Waals surface area (Å²) >= 11 is 12.2. The van der Waals surface area contributed by atoms with Crippen LogP contribution < -0.4 is 9.62 Å². The highest BCUT2D eigenvalue weighted by molar-refractivity contribution is 7.92. The fourth-order valence-electron chi connectivity index (χ4n) is 3.54. The van der Waals surface area contributed by atoms with Gasteiger partial charge in [-0.2, -0.15) is 0 Å². The van der Waals surface area contributed by atoms with Gasteiger partial charge in [0.25, 0.3) is 0 Å². The summed E-state index contributed by atoms with van der Waals surface area (Å²) in [4.78, 5) is 27.8. The van der Waals surface area contributed by atoms with Crippen LogP contribution in [-0.2, 0) is 26.2 Å². The average molecular weight is 543 g/mol. The quantitative estimate of drug-likeness (QED) is 0.417. The minimum atomic E-state index is -3.79. The number of benzene rings is 2. The Labute approximate surface area is 218 Å². The molecule has 0 saturated carbocycles. The Morgan fingerprint density at radius 3 is 2.34 bits per heavy atom. The average Bonchev–Trinajstić information content (AvgIpc) is 2.78. The summed E-state index contributed by atoms with van der Waals surface area (Å²) < 4.78 is 26.5. The molecule has 0 aliphatic heterocycles. The lowest BCUT2D eigenvalue weighted by Crippen LogP contribution is -2.51. The highest BCUT2D eigenvalue weighted by Gasteiger charge is 2.30. The number of amides is 2. The first-order valence-electron chi connectivity index (χ1n) is 11.4. The molecular weight excluding hydrogens is 509 g/mol. The summed E-state index contributed by atoms with van der Waals surface area (Å²) in [6, 6.07) is 9.54. The maximum Gasteiger partial charge on any atom is 0.244 e. The zero-order valence-electron chi connectivity index (χ0n) is 20.8. The number of carbonyl (C=O) groups excluding carboxylic acids is 2. The summed E-state index contributed by atoms with van der Waals surface area (Å²) in [6.07, 6.45) is 2.79. The molecule has 0 aliphatic rings. The third-order valence-electron chi connectivity index (χ3n) is 5.65. The Morgan fingerprint density at radius 1 is 1.06 bits per heavy atom. The van der Waals surface area contributed by atoms with Gasteiger partial charge in [-0.25, -0.2) is 8.42 Å². The number of halogens is 2. The van der Waals surface area contributed by atoms with Crippen molar-refractivity contribution in [2.24, 2.45) is 0 Å². The van der Waals surface area contributed by atoms with E-state index in [-0.39, 0.29) is 12.5 Å². The molecule has 2 rings (SSSR count). The maximum atomic E-state index is 13.6. The predicted molar refractivity (Wildman–Crippen MR) is 142 cm³/mol. The van der Waals surface area contributed by atoms with E-state index in [9.17, 15) is 18.0 Å². The summed E-state index contributed by atoms with van der Waals surface area (Å²) in [7, 11) is -3.79. The second-order valence-corrected chi connectivity index (χ2v) is 11.4. The van der Waals surface area contributed by atoms with E-state index in [1.54, 1.807) is 38.1 Å². The summed E-state index contributed by atoms with van der Waals surface area (Å²) in [6.45, 7) is 7.38. The molecule has 0 heterocycles. The van der Waals surface area contributed by atoms with Crippen molar-refractivity contribution in [3.05, 3.63) is 63.1 Å². The fourth-order valence-corrected chi connectivity index (χ4v) is 4.76. The number of hydrogen-bond donors (Lipinski definition) is 1. The van der Waals surface area contributed by atoms with E-state index in [0.29, 0.717) is 27.8 Å². The third-order valence-corrected chi connectivity index (χ3v) is 7.51. The molecule has 0 spiro atoms. The van der Waals surface area contributed by atoms with Crippen molar-refractivity contribution in [3.8, 4) is 0 Å². The minimum Gasteiger partial charge on any atom is -0.354 e. The Morgan fingerprint density at radius 2 is 1.74 bits per heavy atom. The molecule has 2 aromatic carbocycles. The Kier molecular flexibility index (Phi) is 10.4. The summed E-state index contributed by atoms with van der Waals surface area (Å²) in [5.41, 5.74) is 2.67. The zero-order valence-corrected chi connectivity index (χ0v) is 23.1. The number of rotatable bonds is 11. The van der Waals surface area contributed by atoms with Gasteiger partial charge in [0.15, 0.2) is 0 Å². The van der Waals surface area contributed by atoms with Gasteiger partial charge < -0.3 is 10.2 Å². The van der Waals surface area contributed by atoms with Crippen LogP contribution in [0.1, 0.15) is 43.4 Å². The van der Waals surface area contributed by atoms with Gasteiger partial charge in [0.1, 0.15) is 12.6 Å². The van der Waals surface area contributed by atoms with Gasteiger partial charge in [-0.3, -0.25) is 13.9 Å². The van der Waals surface area contributed by atoms with Crippen LogP contribution in [0.3, 0.4) is 0 Å². The van der Waals surface area contributed by atoms with Crippen molar-refractivity contribution < 1.29 is 18.0 Å². The van der Waals surface area contributed by atoms with Gasteiger partial charge in [0, 0.05) is 13.1 Å². The highest BCUT2D eigenvalue weighted by Crippen LogP contribution is 2.26. The molecule has 0 fully saturated rings. The van der Waals surface area contributed by atoms with Crippen LogP contribution in [0.5, 0.6) is 0 Å². The molecule has 35 heavy (non-hydrogen) atoms. The molecule has 0 radical (unpaired) electrons. The van der Waals surface area contributed by atoms with Crippen molar-refractivity contribution in [3.63, 3.8) is 0 Å². The Hall–Kier alpha value is -2.29. The lowest BCUT2D eigenvalue weighted by molar-refractivity contribution is -0.139. The zero-order chi connectivity index (χ0) is 26.3. The number of anilines is 1. The smallest absolute Gasteiger partial charge is 0.244 e. The number of sulfonamides is 1. The standard InChI is InChI=1S/C25H33Cl2N3O4S/c1-6-7-12-28-25(32)19(4)29(15-20-10-11-21(26)22(27)14-20)24(31)16-30(35(5,33)34)23-13-17(2)8-9-18(23)3/h8-11,13-14,19H,6-7,12,15-16H2,1-5H3,(H,28,32)/t19-/m1/s1. The number of nitrogens with one attached hydrogen (secondary N) is 1. The van der Waals surface area contributed by atoms with Crippen molar-refractivity contribution in [2.45, 2.75) is 53.1 Å². The first-order valence-corrected chi connectivity index (χ1v) is 14.0. The number of aryl methyl sites for hydroxylation is 2. The van der Waals surface area contributed by atoms with Crippen molar-refractivity contribution >= 4 is 50.7 Å². The van der Waals surface area contributed by atoms with Gasteiger partial charge in [0.05, 0.1) is 22.0 Å². The molecular formula is C25H33Cl2N3O4S. The van der Waals surface area contributed by atoms with Crippen LogP contribution in [0.2, 0.25) is 10.0 Å². The minimum absolute atomic E-state index is 0.0580. The monoisotopic (exact) mass is 541 g/mol. The van der Waals surface area contributed by atoms with E-state index in [2.05, 4.69) is 5.32 Å². The van der Waals surface area contributed by atoms with E-state index in [1.807, 2.05) is 26.0 Å². The van der Waals surface area contributed by atoms with Crippen molar-refractivity contribution in [2.75, 3.05) is 23.7 Å². The van der Waals surface area contributed by atoms with Gasteiger partial charge in [-0.05, 0) is 62.1 Å². The number of hydrogen-bond acceptors (Lipinski definition) is 4. The van der Waals surface area contributed by atoms with E-state index in [0.717, 1.165) is 34.5 Å². The SMILES string of the molecule is CCCCNC(=O)[C@@H](C)N(Cc1ccc(Cl)c(Cl)c1)C(=O)CN(c1cc(C)ccc1C)S(C)(=O)=O. The lowest BCUT2D eigenvalue weighted by Gasteiger charge is -2.32. The number of unbranched alkanes of at least 4 members (excludes halogenated alkanes) is 1. The predicted octanol–water partition coefficient (Wildman–Crippen LogP) is 4.71. The lowest BCUT2D eigenvalue weighted by atomic mass is 10.1. The second kappa shape index (κ2) is 12.6. The maximum absolute atomic E-state index is 13.6. The molecule has 1 N–H and O–H groups in total. The summed E-state index contributed by atoms with van der Waals surface area (Å²) in [5.74, 6) is -0.829. The van der Waals surface area contributed by atoms with E-state index in [1.165, 1.54) is 4.90 Å². The van der Waals surface area contributed by atoms with E-state index < -0.39 is 28.5 Å². The molecule has 0 saturated heterocycles. The van der Waals surface area contributed by atoms with Crippen molar-refractivity contribution in [1.29, 1.82) is 0 Å². The van der Waals surface area contributed by atoms with Crippen LogP contribution in [0.15, 0.2) is 36.4 Å². The Bertz CT molecular complexity index is 1170. The second-order valence-electron chi connectivity index (χ2n) is 8.65. The van der Waals surface area contributed by atoms with Gasteiger partial charge in [-0.15, -0.1) is 0 Å². The van der Waals surface area contributed by atoms with Crippen LogP contribution in [0.25, 0.3) is 0 Å². The van der Waals surface area contributed by atoms with Crippen LogP contribution in [-0.4, -0.2) is 50.5 Å². The number of nitrogens with zero attached hydrogens (tertiary/aromatic N) is 2. The molecule has 7 nitrogen and oxygen atoms in total. The largest absolute Gasteiger partial charge is 0.354 e. The summed E-state index contributed by atoms with van der Waals surface area (Å²) in [5, 5.41) is 3.54. The topological polar surface area (TPSA) is 86.8 Å². The molecule has 2 aromatic rings. The molecule has 0 aromatic heterocycles. The van der Waals surface area contributed by atoms with Gasteiger partial charge >= 0.3 is 0 Å². The molecule has 0 bridgehead atoms. The van der Waals surface area contributed by atoms with Gasteiger partial charge in [0.2, 0.25) is 21.8 Å². The molecule has 1 atom stereocenters. The fraction of sp³-hybridized carbons (Fsp3) is 0.440. The molecule has 2 amide bonds. The molecule has 0 unspecified atom stereocenters. The van der Waals surface area contributed by atoms with Crippen LogP contribution in [0, 0.1) is 13.8 Å². The van der Waals surface area contributed by atoms with Crippen LogP contribution >= 0.6 is 23.2 Å².